The largest absolute Gasteiger partial charge is 0.387 e. The molecule has 0 spiro atoms. The zero-order valence-electron chi connectivity index (χ0n) is 10.4. The van der Waals surface area contributed by atoms with Gasteiger partial charge in [0, 0.05) is 17.2 Å². The lowest BCUT2D eigenvalue weighted by Gasteiger charge is -2.18. The summed E-state index contributed by atoms with van der Waals surface area (Å²) in [6.45, 7) is 0.936. The van der Waals surface area contributed by atoms with Crippen LogP contribution in [0.5, 0.6) is 0 Å². The second-order valence-corrected chi connectivity index (χ2v) is 4.85. The summed E-state index contributed by atoms with van der Waals surface area (Å²) in [5, 5.41) is 20.6. The number of aromatic amines is 1. The zero-order chi connectivity index (χ0) is 13.2. The molecule has 1 aromatic carbocycles. The molecule has 100 valence electrons. The van der Waals surface area contributed by atoms with E-state index < -0.39 is 6.10 Å². The Balaban J connectivity index is 1.91. The van der Waals surface area contributed by atoms with E-state index >= 15 is 0 Å². The molecule has 4 nitrogen and oxygen atoms in total. The predicted molar refractivity (Wildman–Crippen MR) is 70.0 cm³/mol. The molecule has 1 aromatic heterocycles. The molecule has 3 rings (SSSR count). The summed E-state index contributed by atoms with van der Waals surface area (Å²) < 4.78 is 12.9. The van der Waals surface area contributed by atoms with Crippen LogP contribution in [0.3, 0.4) is 0 Å². The van der Waals surface area contributed by atoms with Gasteiger partial charge in [-0.3, -0.25) is 5.10 Å². The summed E-state index contributed by atoms with van der Waals surface area (Å²) in [5.74, 6) is -0.275. The molecule has 1 saturated heterocycles. The number of nitrogens with zero attached hydrogens (tertiary/aromatic N) is 1. The van der Waals surface area contributed by atoms with Crippen LogP contribution in [-0.2, 0) is 0 Å². The maximum Gasteiger partial charge on any atom is 0.123 e. The van der Waals surface area contributed by atoms with Gasteiger partial charge in [-0.1, -0.05) is 0 Å². The first-order valence-electron chi connectivity index (χ1n) is 6.46. The molecule has 0 radical (unpaired) electrons. The fourth-order valence-corrected chi connectivity index (χ4v) is 2.57. The van der Waals surface area contributed by atoms with E-state index in [2.05, 4.69) is 15.5 Å². The highest BCUT2D eigenvalue weighted by atomic mass is 19.1. The molecule has 3 N–H and O–H groups in total. The van der Waals surface area contributed by atoms with Crippen LogP contribution < -0.4 is 5.32 Å². The molecule has 0 saturated carbocycles. The van der Waals surface area contributed by atoms with E-state index in [0.717, 1.165) is 36.2 Å². The van der Waals surface area contributed by atoms with Gasteiger partial charge < -0.3 is 10.4 Å². The van der Waals surface area contributed by atoms with Crippen LogP contribution in [0, 0.1) is 5.82 Å². The van der Waals surface area contributed by atoms with Crippen molar-refractivity contribution < 1.29 is 9.50 Å². The zero-order valence-corrected chi connectivity index (χ0v) is 10.4. The van der Waals surface area contributed by atoms with Crippen molar-refractivity contribution in [1.29, 1.82) is 0 Å². The monoisotopic (exact) mass is 261 g/mol. The Morgan fingerprint density at radius 3 is 2.79 bits per heavy atom. The molecule has 2 unspecified atom stereocenters. The van der Waals surface area contributed by atoms with Gasteiger partial charge in [-0.25, -0.2) is 4.39 Å². The molecular weight excluding hydrogens is 245 g/mol. The summed E-state index contributed by atoms with van der Waals surface area (Å²) in [6.07, 6.45) is 3.07. The lowest BCUT2D eigenvalue weighted by atomic mass is 9.98. The average Bonchev–Trinajstić information content (AvgIpc) is 3.10. The number of benzene rings is 1. The van der Waals surface area contributed by atoms with Crippen LogP contribution in [0.2, 0.25) is 0 Å². The standard InChI is InChI=1S/C14H16FN3O/c15-10-5-3-9(4-6-10)13-11(8-17-18-13)14(19)12-2-1-7-16-12/h3-6,8,12,14,16,19H,1-2,7H2,(H,17,18). The number of aromatic nitrogens is 2. The van der Waals surface area contributed by atoms with Gasteiger partial charge in [0.1, 0.15) is 5.82 Å². The Morgan fingerprint density at radius 2 is 2.11 bits per heavy atom. The maximum absolute atomic E-state index is 12.9. The minimum absolute atomic E-state index is 0.0665. The van der Waals surface area contributed by atoms with Crippen molar-refractivity contribution in [2.45, 2.75) is 25.0 Å². The maximum atomic E-state index is 12.9. The second-order valence-electron chi connectivity index (χ2n) is 4.85. The summed E-state index contributed by atoms with van der Waals surface area (Å²) >= 11 is 0. The van der Waals surface area contributed by atoms with Crippen molar-refractivity contribution in [3.63, 3.8) is 0 Å². The third-order valence-electron chi connectivity index (χ3n) is 3.60. The van der Waals surface area contributed by atoms with Gasteiger partial charge in [0.25, 0.3) is 0 Å². The van der Waals surface area contributed by atoms with Crippen LogP contribution in [0.25, 0.3) is 11.3 Å². The molecule has 0 amide bonds. The third kappa shape index (κ3) is 2.39. The van der Waals surface area contributed by atoms with E-state index in [1.807, 2.05) is 0 Å². The molecule has 5 heteroatoms. The second kappa shape index (κ2) is 5.11. The van der Waals surface area contributed by atoms with Gasteiger partial charge >= 0.3 is 0 Å². The van der Waals surface area contributed by atoms with Crippen molar-refractivity contribution >= 4 is 0 Å². The molecule has 2 heterocycles. The topological polar surface area (TPSA) is 60.9 Å². The Kier molecular flexibility index (Phi) is 3.31. The van der Waals surface area contributed by atoms with Crippen molar-refractivity contribution in [3.8, 4) is 11.3 Å². The van der Waals surface area contributed by atoms with Gasteiger partial charge in [0.15, 0.2) is 0 Å². The van der Waals surface area contributed by atoms with E-state index in [4.69, 9.17) is 0 Å². The first-order valence-corrected chi connectivity index (χ1v) is 6.46. The number of H-pyrrole nitrogens is 1. The van der Waals surface area contributed by atoms with Crippen molar-refractivity contribution in [1.82, 2.24) is 15.5 Å². The van der Waals surface area contributed by atoms with Gasteiger partial charge in [-0.15, -0.1) is 0 Å². The van der Waals surface area contributed by atoms with Gasteiger partial charge in [0.05, 0.1) is 18.0 Å². The highest BCUT2D eigenvalue weighted by Gasteiger charge is 2.27. The van der Waals surface area contributed by atoms with E-state index in [1.165, 1.54) is 12.1 Å². The fraction of sp³-hybridized carbons (Fsp3) is 0.357. The number of nitrogens with one attached hydrogen (secondary N) is 2. The van der Waals surface area contributed by atoms with Crippen molar-refractivity contribution in [2.24, 2.45) is 0 Å². The first-order chi connectivity index (χ1) is 9.25. The first kappa shape index (κ1) is 12.3. The molecule has 1 fully saturated rings. The number of aliphatic hydroxyl groups excluding tert-OH is 1. The summed E-state index contributed by atoms with van der Waals surface area (Å²) in [5.41, 5.74) is 2.33. The van der Waals surface area contributed by atoms with Crippen molar-refractivity contribution in [3.05, 3.63) is 41.8 Å². The number of hydrogen-bond donors (Lipinski definition) is 3. The normalized spacial score (nSPS) is 20.6. The number of rotatable bonds is 3. The Hall–Kier alpha value is -1.72. The van der Waals surface area contributed by atoms with Crippen molar-refractivity contribution in [2.75, 3.05) is 6.54 Å². The molecule has 2 atom stereocenters. The molecular formula is C14H16FN3O. The molecule has 0 bridgehead atoms. The highest BCUT2D eigenvalue weighted by Crippen LogP contribution is 2.30. The Bertz CT molecular complexity index is 546. The number of halogens is 1. The van der Waals surface area contributed by atoms with Gasteiger partial charge in [-0.05, 0) is 43.7 Å². The van der Waals surface area contributed by atoms with Gasteiger partial charge in [0.2, 0.25) is 0 Å². The quantitative estimate of drug-likeness (QED) is 0.792. The van der Waals surface area contributed by atoms with Gasteiger partial charge in [-0.2, -0.15) is 5.10 Å². The molecule has 1 aliphatic rings. The lowest BCUT2D eigenvalue weighted by Crippen LogP contribution is -2.28. The van der Waals surface area contributed by atoms with E-state index in [-0.39, 0.29) is 11.9 Å². The van der Waals surface area contributed by atoms with E-state index in [9.17, 15) is 9.50 Å². The predicted octanol–water partition coefficient (Wildman–Crippen LogP) is 2.00. The molecule has 19 heavy (non-hydrogen) atoms. The Morgan fingerprint density at radius 1 is 1.32 bits per heavy atom. The number of hydrogen-bond acceptors (Lipinski definition) is 3. The smallest absolute Gasteiger partial charge is 0.123 e. The summed E-state index contributed by atoms with van der Waals surface area (Å²) in [7, 11) is 0. The molecule has 1 aliphatic heterocycles. The summed E-state index contributed by atoms with van der Waals surface area (Å²) in [6, 6.07) is 6.24. The third-order valence-corrected chi connectivity index (χ3v) is 3.60. The van der Waals surface area contributed by atoms with E-state index in [1.54, 1.807) is 18.3 Å². The van der Waals surface area contributed by atoms with Crippen LogP contribution in [0.15, 0.2) is 30.5 Å². The highest BCUT2D eigenvalue weighted by molar-refractivity contribution is 5.63. The van der Waals surface area contributed by atoms with Crippen LogP contribution in [0.4, 0.5) is 4.39 Å². The van der Waals surface area contributed by atoms with Crippen LogP contribution >= 0.6 is 0 Å². The minimum atomic E-state index is -0.596. The average molecular weight is 261 g/mol. The number of aliphatic hydroxyl groups is 1. The van der Waals surface area contributed by atoms with E-state index in [0.29, 0.717) is 0 Å². The lowest BCUT2D eigenvalue weighted by molar-refractivity contribution is 0.138. The Labute approximate surface area is 110 Å². The SMILES string of the molecule is OC(c1cn[nH]c1-c1ccc(F)cc1)C1CCCN1. The fourth-order valence-electron chi connectivity index (χ4n) is 2.57. The van der Waals surface area contributed by atoms with Crippen LogP contribution in [-0.4, -0.2) is 27.9 Å². The molecule has 0 aliphatic carbocycles. The molecule has 2 aromatic rings. The minimum Gasteiger partial charge on any atom is -0.387 e. The summed E-state index contributed by atoms with van der Waals surface area (Å²) in [4.78, 5) is 0. The van der Waals surface area contributed by atoms with Crippen LogP contribution in [0.1, 0.15) is 24.5 Å².